The number of nitrogens with zero attached hydrogens (tertiary/aromatic N) is 1. The zero-order valence-corrected chi connectivity index (χ0v) is 13.1. The number of benzene rings is 2. The molecule has 2 aromatic carbocycles. The molecule has 0 saturated carbocycles. The molecule has 3 rings (SSSR count). The van der Waals surface area contributed by atoms with E-state index in [1.54, 1.807) is 11.7 Å². The Balaban J connectivity index is 2.10. The fourth-order valence-electron chi connectivity index (χ4n) is 2.36. The molecule has 0 unspecified atom stereocenters. The molecule has 0 spiro atoms. The second-order valence-electron chi connectivity index (χ2n) is 4.79. The smallest absolute Gasteiger partial charge is 0.265 e. The molecular weight excluding hydrogens is 330 g/mol. The molecule has 3 aromatic rings. The molecule has 4 heteroatoms. The number of rotatable bonds is 3. The zero-order valence-electron chi connectivity index (χ0n) is 11.5. The standard InChI is InChI=1S/C17H14BrNO2/c1-21-14-8-6-12(7-9-14)11-19-16-5-3-2-4-13(16)10-15(18)17(19)20/h2-10H,11H2,1H3. The molecule has 0 aliphatic rings. The number of methoxy groups -OCH3 is 1. The van der Waals surface area contributed by atoms with Crippen LogP contribution in [0.3, 0.4) is 0 Å². The highest BCUT2D eigenvalue weighted by atomic mass is 79.9. The summed E-state index contributed by atoms with van der Waals surface area (Å²) in [6, 6.07) is 17.5. The van der Waals surface area contributed by atoms with Crippen LogP contribution in [0.1, 0.15) is 5.56 Å². The van der Waals surface area contributed by atoms with Gasteiger partial charge in [0, 0.05) is 0 Å². The molecular formula is C17H14BrNO2. The van der Waals surface area contributed by atoms with Gasteiger partial charge in [0.2, 0.25) is 0 Å². The molecule has 0 bridgehead atoms. The lowest BCUT2D eigenvalue weighted by molar-refractivity contribution is 0.414. The summed E-state index contributed by atoms with van der Waals surface area (Å²) in [7, 11) is 1.64. The summed E-state index contributed by atoms with van der Waals surface area (Å²) in [5.74, 6) is 0.810. The van der Waals surface area contributed by atoms with Gasteiger partial charge in [-0.25, -0.2) is 0 Å². The number of hydrogen-bond donors (Lipinski definition) is 0. The Hall–Kier alpha value is -2.07. The Morgan fingerprint density at radius 2 is 1.81 bits per heavy atom. The Morgan fingerprint density at radius 3 is 2.52 bits per heavy atom. The quantitative estimate of drug-likeness (QED) is 0.723. The zero-order chi connectivity index (χ0) is 14.8. The second kappa shape index (κ2) is 5.74. The third kappa shape index (κ3) is 2.72. The van der Waals surface area contributed by atoms with Crippen molar-refractivity contribution in [2.45, 2.75) is 6.54 Å². The first-order chi connectivity index (χ1) is 10.2. The van der Waals surface area contributed by atoms with Crippen molar-refractivity contribution in [2.75, 3.05) is 7.11 Å². The van der Waals surface area contributed by atoms with Crippen LogP contribution < -0.4 is 10.3 Å². The molecule has 0 saturated heterocycles. The maximum absolute atomic E-state index is 12.4. The van der Waals surface area contributed by atoms with Crippen molar-refractivity contribution in [3.63, 3.8) is 0 Å². The van der Waals surface area contributed by atoms with Crippen LogP contribution in [0.2, 0.25) is 0 Å². The number of pyridine rings is 1. The molecule has 1 aromatic heterocycles. The number of halogens is 1. The van der Waals surface area contributed by atoms with E-state index in [1.807, 2.05) is 54.6 Å². The molecule has 0 amide bonds. The lowest BCUT2D eigenvalue weighted by Crippen LogP contribution is -2.21. The van der Waals surface area contributed by atoms with E-state index in [9.17, 15) is 4.79 Å². The normalized spacial score (nSPS) is 10.8. The van der Waals surface area contributed by atoms with E-state index in [2.05, 4.69) is 15.9 Å². The minimum Gasteiger partial charge on any atom is -0.497 e. The van der Waals surface area contributed by atoms with Crippen LogP contribution in [0.5, 0.6) is 5.75 Å². The van der Waals surface area contributed by atoms with Gasteiger partial charge in [-0.3, -0.25) is 4.79 Å². The number of ether oxygens (including phenoxy) is 1. The summed E-state index contributed by atoms with van der Waals surface area (Å²) in [4.78, 5) is 12.4. The fraction of sp³-hybridized carbons (Fsp3) is 0.118. The van der Waals surface area contributed by atoms with E-state index in [4.69, 9.17) is 4.74 Å². The first kappa shape index (κ1) is 13.9. The average molecular weight is 344 g/mol. The number of aromatic nitrogens is 1. The predicted molar refractivity (Wildman–Crippen MR) is 88.0 cm³/mol. The first-order valence-corrected chi connectivity index (χ1v) is 7.39. The van der Waals surface area contributed by atoms with Crippen molar-refractivity contribution in [1.29, 1.82) is 0 Å². The van der Waals surface area contributed by atoms with E-state index in [0.717, 1.165) is 22.2 Å². The van der Waals surface area contributed by atoms with E-state index in [1.165, 1.54) is 0 Å². The number of para-hydroxylation sites is 1. The van der Waals surface area contributed by atoms with Crippen molar-refractivity contribution in [3.05, 3.63) is 75.0 Å². The lowest BCUT2D eigenvalue weighted by atomic mass is 10.1. The van der Waals surface area contributed by atoms with Crippen molar-refractivity contribution >= 4 is 26.8 Å². The number of hydrogen-bond acceptors (Lipinski definition) is 2. The van der Waals surface area contributed by atoms with Crippen molar-refractivity contribution < 1.29 is 4.74 Å². The van der Waals surface area contributed by atoms with Crippen molar-refractivity contribution in [2.24, 2.45) is 0 Å². The SMILES string of the molecule is COc1ccc(Cn2c(=O)c(Br)cc3ccccc32)cc1. The van der Waals surface area contributed by atoms with Gasteiger partial charge in [0.15, 0.2) is 0 Å². The van der Waals surface area contributed by atoms with Crippen LogP contribution in [-0.2, 0) is 6.54 Å². The Kier molecular flexibility index (Phi) is 3.80. The predicted octanol–water partition coefficient (Wildman–Crippen LogP) is 3.82. The molecule has 0 atom stereocenters. The van der Waals surface area contributed by atoms with Crippen LogP contribution >= 0.6 is 15.9 Å². The van der Waals surface area contributed by atoms with Crippen molar-refractivity contribution in [3.8, 4) is 5.75 Å². The van der Waals surface area contributed by atoms with Crippen LogP contribution in [0.25, 0.3) is 10.9 Å². The van der Waals surface area contributed by atoms with E-state index in [0.29, 0.717) is 11.0 Å². The molecule has 3 nitrogen and oxygen atoms in total. The summed E-state index contributed by atoms with van der Waals surface area (Å²) in [6.07, 6.45) is 0. The van der Waals surface area contributed by atoms with Gasteiger partial charge >= 0.3 is 0 Å². The highest BCUT2D eigenvalue weighted by Crippen LogP contribution is 2.18. The largest absolute Gasteiger partial charge is 0.497 e. The number of fused-ring (bicyclic) bond motifs is 1. The lowest BCUT2D eigenvalue weighted by Gasteiger charge is -2.11. The van der Waals surface area contributed by atoms with Gasteiger partial charge in [-0.2, -0.15) is 0 Å². The second-order valence-corrected chi connectivity index (χ2v) is 5.64. The highest BCUT2D eigenvalue weighted by Gasteiger charge is 2.07. The average Bonchev–Trinajstić information content (AvgIpc) is 2.52. The highest BCUT2D eigenvalue weighted by molar-refractivity contribution is 9.10. The molecule has 0 fully saturated rings. The summed E-state index contributed by atoms with van der Waals surface area (Å²) in [5.41, 5.74) is 1.96. The van der Waals surface area contributed by atoms with E-state index < -0.39 is 0 Å². The van der Waals surface area contributed by atoms with Gasteiger partial charge in [-0.1, -0.05) is 30.3 Å². The summed E-state index contributed by atoms with van der Waals surface area (Å²) >= 11 is 3.35. The van der Waals surface area contributed by atoms with Gasteiger partial charge in [-0.15, -0.1) is 0 Å². The van der Waals surface area contributed by atoms with Crippen molar-refractivity contribution in [1.82, 2.24) is 4.57 Å². The maximum Gasteiger partial charge on any atom is 0.265 e. The van der Waals surface area contributed by atoms with Gasteiger partial charge in [0.1, 0.15) is 5.75 Å². The minimum atomic E-state index is -0.0236. The molecule has 0 aliphatic heterocycles. The topological polar surface area (TPSA) is 31.2 Å². The van der Waals surface area contributed by atoms with Gasteiger partial charge in [0.05, 0.1) is 23.6 Å². The molecule has 0 aliphatic carbocycles. The third-order valence-corrected chi connectivity index (χ3v) is 4.03. The van der Waals surface area contributed by atoms with E-state index in [-0.39, 0.29) is 5.56 Å². The third-order valence-electron chi connectivity index (χ3n) is 3.46. The maximum atomic E-state index is 12.4. The molecule has 106 valence electrons. The molecule has 21 heavy (non-hydrogen) atoms. The minimum absolute atomic E-state index is 0.0236. The summed E-state index contributed by atoms with van der Waals surface area (Å²) < 4.78 is 7.51. The van der Waals surface area contributed by atoms with Crippen LogP contribution in [0.15, 0.2) is 63.9 Å². The Labute approximate surface area is 130 Å². The Morgan fingerprint density at radius 1 is 1.10 bits per heavy atom. The Bertz CT molecular complexity index is 838. The van der Waals surface area contributed by atoms with Crippen LogP contribution in [0.4, 0.5) is 0 Å². The first-order valence-electron chi connectivity index (χ1n) is 6.60. The molecule has 0 radical (unpaired) electrons. The summed E-state index contributed by atoms with van der Waals surface area (Å²) in [6.45, 7) is 0.531. The molecule has 0 N–H and O–H groups in total. The van der Waals surface area contributed by atoms with Crippen LogP contribution in [0, 0.1) is 0 Å². The van der Waals surface area contributed by atoms with Gasteiger partial charge in [0.25, 0.3) is 5.56 Å². The monoisotopic (exact) mass is 343 g/mol. The van der Waals surface area contributed by atoms with Crippen LogP contribution in [-0.4, -0.2) is 11.7 Å². The fourth-order valence-corrected chi connectivity index (χ4v) is 2.82. The van der Waals surface area contributed by atoms with Gasteiger partial charge < -0.3 is 9.30 Å². The summed E-state index contributed by atoms with van der Waals surface area (Å²) in [5, 5.41) is 1.04. The molecule has 1 heterocycles. The van der Waals surface area contributed by atoms with E-state index >= 15 is 0 Å². The van der Waals surface area contributed by atoms with Gasteiger partial charge in [-0.05, 0) is 51.1 Å².